The van der Waals surface area contributed by atoms with E-state index in [-0.39, 0.29) is 9.92 Å². The number of H-pyrrole nitrogens is 1. The van der Waals surface area contributed by atoms with Crippen molar-refractivity contribution in [1.82, 2.24) is 10.2 Å². The van der Waals surface area contributed by atoms with E-state index in [9.17, 15) is 8.42 Å². The van der Waals surface area contributed by atoms with Gasteiger partial charge in [0.15, 0.2) is 0 Å². The molecular weight excluding hydrogens is 262 g/mol. The van der Waals surface area contributed by atoms with Crippen molar-refractivity contribution in [2.75, 3.05) is 4.72 Å². The molecule has 0 unspecified atom stereocenters. The van der Waals surface area contributed by atoms with Crippen LogP contribution in [0.2, 0.25) is 5.02 Å². The van der Waals surface area contributed by atoms with E-state index in [4.69, 9.17) is 11.6 Å². The smallest absolute Gasteiger partial charge is 0.263 e. The first-order chi connectivity index (χ1) is 8.00. The van der Waals surface area contributed by atoms with Crippen LogP contribution in [0.1, 0.15) is 5.56 Å². The molecule has 0 radical (unpaired) electrons. The second-order valence-electron chi connectivity index (χ2n) is 3.46. The lowest BCUT2D eigenvalue weighted by Crippen LogP contribution is -2.14. The molecule has 0 aliphatic rings. The van der Waals surface area contributed by atoms with Gasteiger partial charge in [0.1, 0.15) is 10.7 Å². The van der Waals surface area contributed by atoms with Gasteiger partial charge in [-0.25, -0.2) is 8.42 Å². The summed E-state index contributed by atoms with van der Waals surface area (Å²) in [5, 5.41) is 6.48. The van der Waals surface area contributed by atoms with E-state index in [0.717, 1.165) is 0 Å². The average Bonchev–Trinajstić information content (AvgIpc) is 2.64. The number of aromatic amines is 1. The number of anilines is 1. The molecule has 1 aromatic heterocycles. The summed E-state index contributed by atoms with van der Waals surface area (Å²) in [7, 11) is -3.69. The molecular formula is C10H10ClN3O2S. The largest absolute Gasteiger partial charge is 0.264 e. The molecule has 17 heavy (non-hydrogen) atoms. The summed E-state index contributed by atoms with van der Waals surface area (Å²) >= 11 is 5.84. The van der Waals surface area contributed by atoms with Crippen molar-refractivity contribution in [3.63, 3.8) is 0 Å². The zero-order chi connectivity index (χ0) is 12.5. The number of rotatable bonds is 3. The van der Waals surface area contributed by atoms with Crippen LogP contribution in [0.3, 0.4) is 0 Å². The molecule has 0 aliphatic carbocycles. The Morgan fingerprint density at radius 2 is 2.06 bits per heavy atom. The Morgan fingerprint density at radius 1 is 1.35 bits per heavy atom. The Balaban J connectivity index is 2.39. The standard InChI is InChI=1S/C10H10ClN3O2S/c1-7-6-12-13-10(7)14-17(15,16)9-5-3-2-4-8(9)11/h2-6H,1H3,(H2,12,13,14). The molecule has 90 valence electrons. The number of halogens is 1. The Labute approximate surface area is 104 Å². The van der Waals surface area contributed by atoms with E-state index in [0.29, 0.717) is 11.4 Å². The zero-order valence-corrected chi connectivity index (χ0v) is 10.5. The summed E-state index contributed by atoms with van der Waals surface area (Å²) in [5.41, 5.74) is 0.709. The van der Waals surface area contributed by atoms with Gasteiger partial charge in [0.25, 0.3) is 10.0 Å². The summed E-state index contributed by atoms with van der Waals surface area (Å²) in [6, 6.07) is 6.25. The van der Waals surface area contributed by atoms with Gasteiger partial charge in [-0.2, -0.15) is 5.10 Å². The third-order valence-corrected chi connectivity index (χ3v) is 4.04. The number of nitrogens with zero attached hydrogens (tertiary/aromatic N) is 1. The average molecular weight is 272 g/mol. The topological polar surface area (TPSA) is 74.8 Å². The molecule has 1 heterocycles. The highest BCUT2D eigenvalue weighted by Gasteiger charge is 2.18. The van der Waals surface area contributed by atoms with Crippen LogP contribution in [0, 0.1) is 6.92 Å². The van der Waals surface area contributed by atoms with Crippen LogP contribution < -0.4 is 4.72 Å². The van der Waals surface area contributed by atoms with E-state index < -0.39 is 10.0 Å². The van der Waals surface area contributed by atoms with E-state index >= 15 is 0 Å². The molecule has 0 spiro atoms. The van der Waals surface area contributed by atoms with E-state index in [1.54, 1.807) is 19.1 Å². The van der Waals surface area contributed by atoms with Gasteiger partial charge in [0.2, 0.25) is 0 Å². The van der Waals surface area contributed by atoms with Crippen LogP contribution in [0.25, 0.3) is 0 Å². The molecule has 2 aromatic rings. The maximum atomic E-state index is 12.0. The molecule has 1 aromatic carbocycles. The zero-order valence-electron chi connectivity index (χ0n) is 8.94. The maximum absolute atomic E-state index is 12.0. The van der Waals surface area contributed by atoms with Gasteiger partial charge in [-0.1, -0.05) is 23.7 Å². The van der Waals surface area contributed by atoms with Crippen LogP contribution in [0.5, 0.6) is 0 Å². The predicted octanol–water partition coefficient (Wildman–Crippen LogP) is 2.17. The molecule has 2 rings (SSSR count). The van der Waals surface area contributed by atoms with Crippen molar-refractivity contribution < 1.29 is 8.42 Å². The molecule has 0 fully saturated rings. The fraction of sp³-hybridized carbons (Fsp3) is 0.100. The number of benzene rings is 1. The van der Waals surface area contributed by atoms with Crippen molar-refractivity contribution in [1.29, 1.82) is 0 Å². The Bertz CT molecular complexity index is 637. The molecule has 0 atom stereocenters. The highest BCUT2D eigenvalue weighted by atomic mass is 35.5. The molecule has 5 nitrogen and oxygen atoms in total. The summed E-state index contributed by atoms with van der Waals surface area (Å²) in [6.07, 6.45) is 1.53. The quantitative estimate of drug-likeness (QED) is 0.898. The van der Waals surface area contributed by atoms with Gasteiger partial charge in [-0.15, -0.1) is 0 Å². The first kappa shape index (κ1) is 11.9. The Hall–Kier alpha value is -1.53. The Morgan fingerprint density at radius 3 is 2.65 bits per heavy atom. The number of nitrogens with one attached hydrogen (secondary N) is 2. The third-order valence-electron chi connectivity index (χ3n) is 2.19. The highest BCUT2D eigenvalue weighted by molar-refractivity contribution is 7.92. The SMILES string of the molecule is Cc1cn[nH]c1NS(=O)(=O)c1ccccc1Cl. The molecule has 0 bridgehead atoms. The van der Waals surface area contributed by atoms with E-state index in [2.05, 4.69) is 14.9 Å². The molecule has 7 heteroatoms. The van der Waals surface area contributed by atoms with Crippen LogP contribution in [-0.4, -0.2) is 18.6 Å². The van der Waals surface area contributed by atoms with E-state index in [1.165, 1.54) is 18.3 Å². The number of hydrogen-bond acceptors (Lipinski definition) is 3. The van der Waals surface area contributed by atoms with Gasteiger partial charge in [0, 0.05) is 5.56 Å². The summed E-state index contributed by atoms with van der Waals surface area (Å²) in [6.45, 7) is 1.74. The number of hydrogen-bond donors (Lipinski definition) is 2. The third kappa shape index (κ3) is 2.42. The lowest BCUT2D eigenvalue weighted by molar-refractivity contribution is 0.601. The Kier molecular flexibility index (Phi) is 3.08. The van der Waals surface area contributed by atoms with Gasteiger partial charge >= 0.3 is 0 Å². The molecule has 2 N–H and O–H groups in total. The monoisotopic (exact) mass is 271 g/mol. The first-order valence-corrected chi connectivity index (χ1v) is 6.64. The van der Waals surface area contributed by atoms with Crippen molar-refractivity contribution in [3.8, 4) is 0 Å². The maximum Gasteiger partial charge on any atom is 0.264 e. The fourth-order valence-electron chi connectivity index (χ4n) is 1.30. The second kappa shape index (κ2) is 4.38. The van der Waals surface area contributed by atoms with Gasteiger partial charge in [0.05, 0.1) is 11.2 Å². The number of aromatic nitrogens is 2. The molecule has 0 saturated carbocycles. The summed E-state index contributed by atoms with van der Waals surface area (Å²) in [5.74, 6) is 0.338. The van der Waals surface area contributed by atoms with Crippen molar-refractivity contribution in [2.45, 2.75) is 11.8 Å². The fourth-order valence-corrected chi connectivity index (χ4v) is 2.91. The summed E-state index contributed by atoms with van der Waals surface area (Å²) in [4.78, 5) is 0.0377. The van der Waals surface area contributed by atoms with Gasteiger partial charge < -0.3 is 0 Å². The number of sulfonamides is 1. The predicted molar refractivity (Wildman–Crippen MR) is 65.6 cm³/mol. The minimum absolute atomic E-state index is 0.0377. The van der Waals surface area contributed by atoms with Gasteiger partial charge in [-0.05, 0) is 19.1 Å². The van der Waals surface area contributed by atoms with Gasteiger partial charge in [-0.3, -0.25) is 9.82 Å². The second-order valence-corrected chi connectivity index (χ2v) is 5.52. The first-order valence-electron chi connectivity index (χ1n) is 4.78. The van der Waals surface area contributed by atoms with Crippen molar-refractivity contribution in [2.24, 2.45) is 0 Å². The minimum atomic E-state index is -3.69. The van der Waals surface area contributed by atoms with Crippen LogP contribution >= 0.6 is 11.6 Å². The van der Waals surface area contributed by atoms with Crippen LogP contribution in [0.4, 0.5) is 5.82 Å². The van der Waals surface area contributed by atoms with E-state index in [1.807, 2.05) is 0 Å². The van der Waals surface area contributed by atoms with Crippen molar-refractivity contribution in [3.05, 3.63) is 41.0 Å². The molecule has 0 aliphatic heterocycles. The number of aryl methyl sites for hydroxylation is 1. The molecule has 0 saturated heterocycles. The molecule has 0 amide bonds. The summed E-state index contributed by atoms with van der Waals surface area (Å²) < 4.78 is 26.5. The lowest BCUT2D eigenvalue weighted by Gasteiger charge is -2.08. The normalized spacial score (nSPS) is 11.4. The van der Waals surface area contributed by atoms with Crippen molar-refractivity contribution >= 4 is 27.4 Å². The van der Waals surface area contributed by atoms with Crippen LogP contribution in [-0.2, 0) is 10.0 Å². The lowest BCUT2D eigenvalue weighted by atomic mass is 10.4. The highest BCUT2D eigenvalue weighted by Crippen LogP contribution is 2.23. The van der Waals surface area contributed by atoms with Crippen LogP contribution in [0.15, 0.2) is 35.4 Å². The minimum Gasteiger partial charge on any atom is -0.263 e.